The standard InChI is InChI=1S/C12H11OS/c1-14-9-7-12(8-10-14)13-11-5-3-2-4-6-11/h2-10H,1H2/q-1. The quantitative estimate of drug-likeness (QED) is 0.529. The van der Waals surface area contributed by atoms with Crippen LogP contribution >= 0.6 is 0 Å². The van der Waals surface area contributed by atoms with Crippen LogP contribution in [0.1, 0.15) is 0 Å². The van der Waals surface area contributed by atoms with E-state index in [1.807, 2.05) is 53.3 Å². The maximum absolute atomic E-state index is 5.62. The summed E-state index contributed by atoms with van der Waals surface area (Å²) >= 11 is 0. The van der Waals surface area contributed by atoms with Gasteiger partial charge in [-0.05, 0) is 24.3 Å². The molecule has 1 aromatic rings. The second-order valence-corrected chi connectivity index (χ2v) is 4.38. The third-order valence-electron chi connectivity index (χ3n) is 1.79. The van der Waals surface area contributed by atoms with Crippen LogP contribution in [0.3, 0.4) is 0 Å². The van der Waals surface area contributed by atoms with E-state index in [0.717, 1.165) is 11.5 Å². The lowest BCUT2D eigenvalue weighted by Gasteiger charge is -2.11. The summed E-state index contributed by atoms with van der Waals surface area (Å²) in [4.78, 5) is 0. The Morgan fingerprint density at radius 3 is 2.57 bits per heavy atom. The third-order valence-corrected chi connectivity index (χ3v) is 2.76. The molecule has 0 spiro atoms. The highest BCUT2D eigenvalue weighted by Gasteiger charge is 1.94. The molecule has 0 fully saturated rings. The van der Waals surface area contributed by atoms with Gasteiger partial charge in [0.1, 0.15) is 11.5 Å². The van der Waals surface area contributed by atoms with Crippen LogP contribution in [0.5, 0.6) is 5.75 Å². The minimum Gasteiger partial charge on any atom is -0.458 e. The number of benzene rings is 1. The highest BCUT2D eigenvalue weighted by atomic mass is 32.2. The smallest absolute Gasteiger partial charge is 0.127 e. The van der Waals surface area contributed by atoms with Gasteiger partial charge in [0.15, 0.2) is 0 Å². The Bertz CT molecular complexity index is 448. The van der Waals surface area contributed by atoms with Gasteiger partial charge in [-0.15, -0.1) is 0 Å². The molecule has 2 heteroatoms. The van der Waals surface area contributed by atoms with Crippen molar-refractivity contribution in [3.05, 3.63) is 53.7 Å². The molecular weight excluding hydrogens is 192 g/mol. The first-order valence-electron chi connectivity index (χ1n) is 4.32. The Hall–Kier alpha value is -1.41. The largest absolute Gasteiger partial charge is 0.458 e. The predicted octanol–water partition coefficient (Wildman–Crippen LogP) is 2.33. The van der Waals surface area contributed by atoms with Crippen LogP contribution in [0.4, 0.5) is 0 Å². The molecule has 0 N–H and O–H groups in total. The first-order valence-corrected chi connectivity index (χ1v) is 5.84. The first kappa shape index (κ1) is 9.16. The molecule has 0 atom stereocenters. The summed E-state index contributed by atoms with van der Waals surface area (Å²) in [6.07, 6.45) is 3.92. The van der Waals surface area contributed by atoms with Crippen molar-refractivity contribution in [3.63, 3.8) is 0 Å². The van der Waals surface area contributed by atoms with Crippen LogP contribution in [-0.2, 0) is 10.1 Å². The van der Waals surface area contributed by atoms with E-state index >= 15 is 0 Å². The molecule has 14 heavy (non-hydrogen) atoms. The normalized spacial score (nSPS) is 15.9. The van der Waals surface area contributed by atoms with Gasteiger partial charge >= 0.3 is 0 Å². The number of ether oxygens (including phenoxy) is 1. The van der Waals surface area contributed by atoms with E-state index < -0.39 is 0 Å². The van der Waals surface area contributed by atoms with Gasteiger partial charge in [0.25, 0.3) is 0 Å². The van der Waals surface area contributed by atoms with E-state index in [9.17, 15) is 0 Å². The Morgan fingerprint density at radius 2 is 1.93 bits per heavy atom. The maximum Gasteiger partial charge on any atom is 0.127 e. The lowest BCUT2D eigenvalue weighted by molar-refractivity contribution is 0.445. The minimum atomic E-state index is 0.0192. The second kappa shape index (κ2) is 4.20. The van der Waals surface area contributed by atoms with Gasteiger partial charge in [-0.3, -0.25) is 0 Å². The summed E-state index contributed by atoms with van der Waals surface area (Å²) in [5.74, 6) is 5.65. The molecule has 0 aromatic heterocycles. The summed E-state index contributed by atoms with van der Waals surface area (Å²) in [6, 6.07) is 9.76. The number of hydrogen-bond donors (Lipinski definition) is 0. The predicted molar refractivity (Wildman–Crippen MR) is 64.8 cm³/mol. The fraction of sp³-hybridized carbons (Fsp3) is 0. The molecule has 1 nitrogen and oxygen atoms in total. The average molecular weight is 203 g/mol. The molecule has 0 saturated heterocycles. The molecule has 0 radical (unpaired) electrons. The lowest BCUT2D eigenvalue weighted by atomic mass is 10.3. The van der Waals surface area contributed by atoms with E-state index in [2.05, 4.69) is 5.87 Å². The van der Waals surface area contributed by atoms with E-state index in [4.69, 9.17) is 4.74 Å². The number of para-hydroxylation sites is 1. The molecule has 2 rings (SSSR count). The van der Waals surface area contributed by atoms with Crippen molar-refractivity contribution in [2.24, 2.45) is 0 Å². The molecule has 0 amide bonds. The Balaban J connectivity index is 2.15. The van der Waals surface area contributed by atoms with Gasteiger partial charge in [-0.25, -0.2) is 5.87 Å². The van der Waals surface area contributed by atoms with Gasteiger partial charge in [0, 0.05) is 0 Å². The van der Waals surface area contributed by atoms with Crippen LogP contribution < -0.4 is 4.74 Å². The first-order chi connectivity index (χ1) is 6.84. The summed E-state index contributed by atoms with van der Waals surface area (Å²) in [7, 11) is 0.0192. The van der Waals surface area contributed by atoms with Crippen molar-refractivity contribution < 1.29 is 4.74 Å². The SMILES string of the molecule is C=[S-]1=CC=C(Oc2ccccc2)C=C1. The van der Waals surface area contributed by atoms with Crippen LogP contribution in [0.2, 0.25) is 0 Å². The molecule has 1 heterocycles. The Labute approximate surface area is 85.8 Å². The van der Waals surface area contributed by atoms with Crippen LogP contribution in [0.25, 0.3) is 0 Å². The molecule has 0 bridgehead atoms. The van der Waals surface area contributed by atoms with Crippen LogP contribution in [0.15, 0.2) is 53.7 Å². The van der Waals surface area contributed by atoms with E-state index in [-0.39, 0.29) is 10.1 Å². The highest BCUT2D eigenvalue weighted by Crippen LogP contribution is 2.13. The molecule has 0 aliphatic carbocycles. The van der Waals surface area contributed by atoms with Gasteiger partial charge < -0.3 is 14.8 Å². The topological polar surface area (TPSA) is 9.23 Å². The van der Waals surface area contributed by atoms with Gasteiger partial charge in [-0.1, -0.05) is 18.2 Å². The number of hydrogen-bond acceptors (Lipinski definition) is 2. The van der Waals surface area contributed by atoms with E-state index in [1.54, 1.807) is 0 Å². The van der Waals surface area contributed by atoms with Crippen molar-refractivity contribution in [2.75, 3.05) is 0 Å². The molecule has 1 aliphatic heterocycles. The fourth-order valence-electron chi connectivity index (χ4n) is 1.10. The molecule has 1 aliphatic rings. The van der Waals surface area contributed by atoms with Crippen molar-refractivity contribution in [1.29, 1.82) is 0 Å². The third kappa shape index (κ3) is 2.30. The minimum absolute atomic E-state index is 0.0192. The monoisotopic (exact) mass is 203 g/mol. The van der Waals surface area contributed by atoms with Crippen molar-refractivity contribution in [2.45, 2.75) is 0 Å². The van der Waals surface area contributed by atoms with Crippen molar-refractivity contribution >= 4 is 21.3 Å². The molecule has 1 aromatic carbocycles. The second-order valence-electron chi connectivity index (χ2n) is 2.89. The van der Waals surface area contributed by atoms with Gasteiger partial charge in [-0.2, -0.15) is 10.8 Å². The maximum atomic E-state index is 5.62. The highest BCUT2D eigenvalue weighted by molar-refractivity contribution is 7.95. The van der Waals surface area contributed by atoms with Crippen molar-refractivity contribution in [1.82, 2.24) is 0 Å². The summed E-state index contributed by atoms with van der Waals surface area (Å²) in [6.45, 7) is 0. The van der Waals surface area contributed by atoms with Crippen LogP contribution in [0, 0.1) is 0 Å². The number of allylic oxidation sites excluding steroid dienone is 2. The fourth-order valence-corrected chi connectivity index (χ4v) is 1.81. The van der Waals surface area contributed by atoms with Gasteiger partial charge in [0.05, 0.1) is 0 Å². The molecular formula is C12H11OS-. The molecule has 0 unspecified atom stereocenters. The average Bonchev–Trinajstić information content (AvgIpc) is 2.23. The van der Waals surface area contributed by atoms with E-state index in [1.165, 1.54) is 0 Å². The zero-order valence-corrected chi connectivity index (χ0v) is 8.54. The zero-order valence-electron chi connectivity index (χ0n) is 7.72. The zero-order chi connectivity index (χ0) is 9.80. The van der Waals surface area contributed by atoms with Crippen LogP contribution in [-0.4, -0.2) is 11.2 Å². The lowest BCUT2D eigenvalue weighted by Crippen LogP contribution is -1.96. The van der Waals surface area contributed by atoms with Crippen molar-refractivity contribution in [3.8, 4) is 5.75 Å². The molecule has 72 valence electrons. The van der Waals surface area contributed by atoms with Gasteiger partial charge in [0.2, 0.25) is 0 Å². The summed E-state index contributed by atoms with van der Waals surface area (Å²) in [5.41, 5.74) is 0. The Kier molecular flexibility index (Phi) is 2.75. The van der Waals surface area contributed by atoms with E-state index in [0.29, 0.717) is 0 Å². The molecule has 0 saturated carbocycles. The summed E-state index contributed by atoms with van der Waals surface area (Å²) < 4.78 is 5.62. The Morgan fingerprint density at radius 1 is 1.14 bits per heavy atom. The summed E-state index contributed by atoms with van der Waals surface area (Å²) in [5, 5.41) is 4.08. The number of rotatable bonds is 2.